The van der Waals surface area contributed by atoms with Crippen LogP contribution in [0.5, 0.6) is 11.5 Å². The maximum Gasteiger partial charge on any atom is 0.248 e. The number of aromatic nitrogens is 2. The van der Waals surface area contributed by atoms with Crippen LogP contribution in [0.2, 0.25) is 0 Å². The largest absolute Gasteiger partial charge is 0.457 e. The number of nitrogens with one attached hydrogen (secondary N) is 1. The van der Waals surface area contributed by atoms with Crippen LogP contribution in [0.4, 0.5) is 22.9 Å². The minimum Gasteiger partial charge on any atom is -0.457 e. The van der Waals surface area contributed by atoms with Crippen molar-refractivity contribution in [2.75, 3.05) is 36.6 Å². The summed E-state index contributed by atoms with van der Waals surface area (Å²) in [6.45, 7) is 8.57. The van der Waals surface area contributed by atoms with Crippen molar-refractivity contribution in [3.8, 4) is 11.5 Å². The Morgan fingerprint density at radius 3 is 2.30 bits per heavy atom. The molecular formula is C38H48N6O3. The molecule has 0 saturated heterocycles. The lowest BCUT2D eigenvalue weighted by Crippen LogP contribution is -2.20. The second kappa shape index (κ2) is 18.8. The number of likely N-dealkylation sites (N-methyl/N-ethyl adjacent to an activating group) is 1. The molecule has 47 heavy (non-hydrogen) atoms. The fourth-order valence-electron chi connectivity index (χ4n) is 4.72. The summed E-state index contributed by atoms with van der Waals surface area (Å²) < 4.78 is 5.80. The summed E-state index contributed by atoms with van der Waals surface area (Å²) in [5.41, 5.74) is 10.7. The molecule has 1 aliphatic carbocycles. The van der Waals surface area contributed by atoms with Crippen molar-refractivity contribution in [3.63, 3.8) is 0 Å². The Bertz CT molecular complexity index is 1550. The number of carbonyl (C=O) groups excluding carboxylic acids is 2. The molecule has 3 N–H and O–H groups in total. The minimum absolute atomic E-state index is 0.0551. The molecule has 0 aliphatic heterocycles. The number of benzene rings is 3. The lowest BCUT2D eigenvalue weighted by molar-refractivity contribution is -0.112. The van der Waals surface area contributed by atoms with E-state index in [-0.39, 0.29) is 5.91 Å². The third kappa shape index (κ3) is 12.0. The van der Waals surface area contributed by atoms with Gasteiger partial charge >= 0.3 is 0 Å². The maximum atomic E-state index is 11.9. The molecule has 1 saturated carbocycles. The van der Waals surface area contributed by atoms with Crippen LogP contribution < -0.4 is 20.7 Å². The van der Waals surface area contributed by atoms with Gasteiger partial charge in [-0.25, -0.2) is 9.97 Å². The zero-order valence-electron chi connectivity index (χ0n) is 28.4. The van der Waals surface area contributed by atoms with Crippen molar-refractivity contribution in [3.05, 3.63) is 109 Å². The second-order valence-corrected chi connectivity index (χ2v) is 11.4. The lowest BCUT2D eigenvalue weighted by Gasteiger charge is -2.22. The number of nitrogens with zero attached hydrogens (tertiary/aromatic N) is 4. The van der Waals surface area contributed by atoms with Gasteiger partial charge in [-0.2, -0.15) is 0 Å². The van der Waals surface area contributed by atoms with E-state index in [9.17, 15) is 4.79 Å². The first-order chi connectivity index (χ1) is 22.7. The maximum absolute atomic E-state index is 11.9. The molecule has 1 amide bonds. The number of carbonyl (C=O) groups is 2. The summed E-state index contributed by atoms with van der Waals surface area (Å²) in [5, 5.41) is 2.94. The first-order valence-electron chi connectivity index (χ1n) is 16.0. The molecule has 1 fully saturated rings. The van der Waals surface area contributed by atoms with E-state index in [0.717, 1.165) is 59.5 Å². The van der Waals surface area contributed by atoms with Crippen LogP contribution >= 0.6 is 0 Å². The number of aryl methyl sites for hydroxylation is 1. The number of aldehydes is 1. The van der Waals surface area contributed by atoms with Gasteiger partial charge in [0.1, 0.15) is 29.8 Å². The molecule has 3 aromatic carbocycles. The zero-order valence-corrected chi connectivity index (χ0v) is 28.4. The average molecular weight is 637 g/mol. The Morgan fingerprint density at radius 2 is 1.68 bits per heavy atom. The number of para-hydroxylation sites is 1. The summed E-state index contributed by atoms with van der Waals surface area (Å²) in [6, 6.07) is 26.3. The first-order valence-corrected chi connectivity index (χ1v) is 16.0. The topological polar surface area (TPSA) is 114 Å². The molecule has 1 heterocycles. The van der Waals surface area contributed by atoms with Gasteiger partial charge in [0.05, 0.1) is 5.69 Å². The fraction of sp³-hybridized carbons (Fsp3) is 0.316. The Morgan fingerprint density at radius 1 is 1.02 bits per heavy atom. The van der Waals surface area contributed by atoms with Gasteiger partial charge in [0.2, 0.25) is 5.91 Å². The third-order valence-electron chi connectivity index (χ3n) is 7.74. The number of amides is 1. The van der Waals surface area contributed by atoms with Crippen molar-refractivity contribution in [1.82, 2.24) is 14.9 Å². The summed E-state index contributed by atoms with van der Waals surface area (Å²) >= 11 is 0. The Balaban J connectivity index is 0.000000237. The third-order valence-corrected chi connectivity index (χ3v) is 7.74. The number of nitrogens with two attached hydrogens (primary N) is 1. The van der Waals surface area contributed by atoms with Crippen LogP contribution in [-0.4, -0.2) is 53.7 Å². The van der Waals surface area contributed by atoms with E-state index in [2.05, 4.69) is 53.2 Å². The van der Waals surface area contributed by atoms with E-state index < -0.39 is 0 Å². The van der Waals surface area contributed by atoms with E-state index >= 15 is 0 Å². The average Bonchev–Trinajstić information content (AvgIpc) is 3.92. The van der Waals surface area contributed by atoms with Crippen LogP contribution in [0.15, 0.2) is 97.3 Å². The number of ether oxygens (including phenoxy) is 1. The van der Waals surface area contributed by atoms with Gasteiger partial charge in [0.15, 0.2) is 5.82 Å². The quantitative estimate of drug-likeness (QED) is 0.126. The highest BCUT2D eigenvalue weighted by Gasteiger charge is 2.24. The predicted octanol–water partition coefficient (Wildman–Crippen LogP) is 7.92. The van der Waals surface area contributed by atoms with Crippen molar-refractivity contribution >= 4 is 35.1 Å². The molecule has 1 unspecified atom stereocenters. The van der Waals surface area contributed by atoms with Crippen molar-refractivity contribution in [2.45, 2.75) is 58.9 Å². The predicted molar refractivity (Wildman–Crippen MR) is 193 cm³/mol. The van der Waals surface area contributed by atoms with E-state index in [1.807, 2.05) is 91.7 Å². The molecule has 0 spiro atoms. The van der Waals surface area contributed by atoms with Crippen LogP contribution in [0.3, 0.4) is 0 Å². The van der Waals surface area contributed by atoms with E-state index in [1.54, 1.807) is 6.08 Å². The van der Waals surface area contributed by atoms with Gasteiger partial charge in [-0.3, -0.25) is 9.69 Å². The smallest absolute Gasteiger partial charge is 0.248 e. The molecule has 4 aromatic rings. The van der Waals surface area contributed by atoms with E-state index in [1.165, 1.54) is 31.7 Å². The van der Waals surface area contributed by atoms with Gasteiger partial charge in [0, 0.05) is 37.1 Å². The van der Waals surface area contributed by atoms with Gasteiger partial charge in [0.25, 0.3) is 0 Å². The monoisotopic (exact) mass is 636 g/mol. The summed E-state index contributed by atoms with van der Waals surface area (Å²) in [7, 11) is 4.05. The zero-order chi connectivity index (χ0) is 34.2. The first kappa shape index (κ1) is 36.4. The highest BCUT2D eigenvalue weighted by Crippen LogP contribution is 2.31. The standard InChI is InChI=1S/C18H18N4O.C18H26N2O.C2H4O/c1-13-17(18(19)21-12-20-13)22(2)14-8-10-16(11-9-14)23-15-6-4-3-5-7-15;1-4-14(2)15-7-5-8-16(13-15)19-18(21)9-6-12-20(3)17-10-11-17;1-2-3/h3-12H,1-2H3,(H2,19,20,21);5-9,13-14,17H,4,10-12H2,1-3H3,(H,19,21);2H,1H3/b;9-6+;. The Kier molecular flexibility index (Phi) is 14.6. The van der Waals surface area contributed by atoms with Crippen molar-refractivity contribution < 1.29 is 14.3 Å². The summed E-state index contributed by atoms with van der Waals surface area (Å²) in [6.07, 6.45) is 9.47. The Labute approximate surface area is 279 Å². The van der Waals surface area contributed by atoms with Crippen LogP contribution in [0.1, 0.15) is 57.2 Å². The van der Waals surface area contributed by atoms with Gasteiger partial charge in [-0.15, -0.1) is 0 Å². The van der Waals surface area contributed by atoms with Gasteiger partial charge in [-0.1, -0.05) is 50.3 Å². The highest BCUT2D eigenvalue weighted by molar-refractivity contribution is 5.99. The molecule has 0 radical (unpaired) electrons. The number of nitrogen functional groups attached to an aromatic ring is 1. The molecule has 1 atom stereocenters. The van der Waals surface area contributed by atoms with Crippen LogP contribution in [0.25, 0.3) is 0 Å². The lowest BCUT2D eigenvalue weighted by atomic mass is 9.98. The number of hydrogen-bond donors (Lipinski definition) is 2. The molecule has 9 nitrogen and oxygen atoms in total. The molecule has 0 bridgehead atoms. The van der Waals surface area contributed by atoms with E-state index in [4.69, 9.17) is 15.3 Å². The summed E-state index contributed by atoms with van der Waals surface area (Å²) in [5.74, 6) is 2.52. The molecule has 1 aliphatic rings. The normalized spacial score (nSPS) is 12.7. The van der Waals surface area contributed by atoms with Gasteiger partial charge < -0.3 is 25.5 Å². The SMILES string of the molecule is CC=O.CCC(C)c1cccc(NC(=O)/C=C/CN(C)C2CC2)c1.Cc1ncnc(N)c1N(C)c1ccc(Oc2ccccc2)cc1. The molecule has 5 rings (SSSR count). The number of rotatable bonds is 11. The fourth-order valence-corrected chi connectivity index (χ4v) is 4.72. The van der Waals surface area contributed by atoms with Crippen LogP contribution in [0, 0.1) is 6.92 Å². The minimum atomic E-state index is -0.0551. The Hall–Kier alpha value is -5.02. The number of anilines is 4. The second-order valence-electron chi connectivity index (χ2n) is 11.4. The summed E-state index contributed by atoms with van der Waals surface area (Å²) in [4.78, 5) is 33.2. The van der Waals surface area contributed by atoms with Gasteiger partial charge in [-0.05, 0) is 100 Å². The molecule has 1 aromatic heterocycles. The van der Waals surface area contributed by atoms with Crippen molar-refractivity contribution in [1.29, 1.82) is 0 Å². The molecule has 9 heteroatoms. The highest BCUT2D eigenvalue weighted by atomic mass is 16.5. The van der Waals surface area contributed by atoms with Crippen molar-refractivity contribution in [2.24, 2.45) is 0 Å². The van der Waals surface area contributed by atoms with E-state index in [0.29, 0.717) is 11.7 Å². The van der Waals surface area contributed by atoms with Crippen LogP contribution in [-0.2, 0) is 9.59 Å². The number of hydrogen-bond acceptors (Lipinski definition) is 8. The molecular weight excluding hydrogens is 588 g/mol. The molecule has 248 valence electrons.